The molecule has 0 aromatic heterocycles. The van der Waals surface area contributed by atoms with Crippen LogP contribution in [0.3, 0.4) is 0 Å². The van der Waals surface area contributed by atoms with E-state index in [0.29, 0.717) is 5.92 Å². The largest absolute Gasteiger partial charge is 0.216 e. The summed E-state index contributed by atoms with van der Waals surface area (Å²) >= 11 is 0. The lowest BCUT2D eigenvalue weighted by Gasteiger charge is -2.29. The topological polar surface area (TPSA) is 46.2 Å². The van der Waals surface area contributed by atoms with Crippen molar-refractivity contribution in [3.63, 3.8) is 0 Å². The van der Waals surface area contributed by atoms with Crippen molar-refractivity contribution in [2.45, 2.75) is 44.4 Å². The summed E-state index contributed by atoms with van der Waals surface area (Å²) in [7, 11) is -3.22. The normalized spacial score (nSPS) is 24.9. The minimum Gasteiger partial charge on any atom is -0.212 e. The molecule has 1 aliphatic carbocycles. The van der Waals surface area contributed by atoms with Gasteiger partial charge in [-0.2, -0.15) is 0 Å². The summed E-state index contributed by atoms with van der Waals surface area (Å²) in [6.45, 7) is 2.13. The van der Waals surface area contributed by atoms with Gasteiger partial charge in [0.1, 0.15) is 0 Å². The number of benzene rings is 1. The summed E-state index contributed by atoms with van der Waals surface area (Å²) in [6, 6.07) is 9.45. The molecule has 1 saturated carbocycles. The van der Waals surface area contributed by atoms with Crippen LogP contribution in [0.2, 0.25) is 0 Å². The third-order valence-corrected chi connectivity index (χ3v) is 5.02. The molecule has 2 atom stereocenters. The Morgan fingerprint density at radius 2 is 1.83 bits per heavy atom. The molecule has 3 nitrogen and oxygen atoms in total. The van der Waals surface area contributed by atoms with E-state index in [4.69, 9.17) is 0 Å². The highest BCUT2D eigenvalue weighted by atomic mass is 32.2. The lowest BCUT2D eigenvalue weighted by molar-refractivity contribution is 0.310. The van der Waals surface area contributed by atoms with E-state index < -0.39 is 10.0 Å². The van der Waals surface area contributed by atoms with Gasteiger partial charge in [0, 0.05) is 6.04 Å². The van der Waals surface area contributed by atoms with E-state index in [2.05, 4.69) is 11.6 Å². The average molecular weight is 267 g/mol. The summed E-state index contributed by atoms with van der Waals surface area (Å²) < 4.78 is 27.1. The van der Waals surface area contributed by atoms with Gasteiger partial charge in [0.2, 0.25) is 10.0 Å². The maximum atomic E-state index is 12.1. The smallest absolute Gasteiger partial charge is 0.212 e. The molecular formula is C14H21NO2S. The van der Waals surface area contributed by atoms with Crippen molar-refractivity contribution in [3.05, 3.63) is 35.9 Å². The highest BCUT2D eigenvalue weighted by Gasteiger charge is 2.25. The highest BCUT2D eigenvalue weighted by molar-refractivity contribution is 7.88. The zero-order valence-electron chi connectivity index (χ0n) is 10.8. The SMILES string of the molecule is CC1CCCCC1NS(=O)(=O)Cc1ccccc1. The third kappa shape index (κ3) is 3.82. The fourth-order valence-corrected chi connectivity index (χ4v) is 4.08. The Kier molecular flexibility index (Phi) is 4.40. The molecule has 1 aromatic carbocycles. The van der Waals surface area contributed by atoms with Crippen molar-refractivity contribution in [1.82, 2.24) is 4.72 Å². The summed E-state index contributed by atoms with van der Waals surface area (Å²) in [5.41, 5.74) is 0.841. The number of hydrogen-bond acceptors (Lipinski definition) is 2. The first-order valence-corrected chi connectivity index (χ1v) is 8.26. The molecule has 18 heavy (non-hydrogen) atoms. The molecule has 100 valence electrons. The lowest BCUT2D eigenvalue weighted by Crippen LogP contribution is -2.41. The van der Waals surface area contributed by atoms with E-state index in [-0.39, 0.29) is 11.8 Å². The van der Waals surface area contributed by atoms with Crippen molar-refractivity contribution >= 4 is 10.0 Å². The zero-order valence-corrected chi connectivity index (χ0v) is 11.6. The molecule has 0 spiro atoms. The van der Waals surface area contributed by atoms with Gasteiger partial charge in [-0.25, -0.2) is 13.1 Å². The Hall–Kier alpha value is -0.870. The molecular weight excluding hydrogens is 246 g/mol. The minimum atomic E-state index is -3.22. The van der Waals surface area contributed by atoms with Crippen LogP contribution in [0, 0.1) is 5.92 Å². The van der Waals surface area contributed by atoms with Gasteiger partial charge in [-0.3, -0.25) is 0 Å². The van der Waals surface area contributed by atoms with Crippen molar-refractivity contribution in [2.75, 3.05) is 0 Å². The van der Waals surface area contributed by atoms with Gasteiger partial charge in [0.15, 0.2) is 0 Å². The Balaban J connectivity index is 1.99. The molecule has 0 radical (unpaired) electrons. The Morgan fingerprint density at radius 3 is 2.50 bits per heavy atom. The van der Waals surface area contributed by atoms with Crippen molar-refractivity contribution in [3.8, 4) is 0 Å². The summed E-state index contributed by atoms with van der Waals surface area (Å²) in [4.78, 5) is 0. The first-order valence-electron chi connectivity index (χ1n) is 6.61. The quantitative estimate of drug-likeness (QED) is 0.911. The van der Waals surface area contributed by atoms with Gasteiger partial charge in [-0.1, -0.05) is 50.1 Å². The molecule has 0 saturated heterocycles. The van der Waals surface area contributed by atoms with Gasteiger partial charge in [-0.15, -0.1) is 0 Å². The van der Waals surface area contributed by atoms with Crippen LogP contribution in [-0.2, 0) is 15.8 Å². The molecule has 0 aliphatic heterocycles. The van der Waals surface area contributed by atoms with E-state index in [9.17, 15) is 8.42 Å². The standard InChI is InChI=1S/C14H21NO2S/c1-12-7-5-6-10-14(12)15-18(16,17)11-13-8-3-2-4-9-13/h2-4,8-9,12,14-15H,5-7,10-11H2,1H3. The van der Waals surface area contributed by atoms with E-state index >= 15 is 0 Å². The van der Waals surface area contributed by atoms with E-state index in [1.54, 1.807) is 0 Å². The minimum absolute atomic E-state index is 0.0804. The Labute approximate surface area is 110 Å². The summed E-state index contributed by atoms with van der Waals surface area (Å²) in [5, 5.41) is 0. The third-order valence-electron chi connectivity index (χ3n) is 3.64. The fourth-order valence-electron chi connectivity index (χ4n) is 2.56. The first kappa shape index (κ1) is 13.6. The molecule has 1 aliphatic rings. The fraction of sp³-hybridized carbons (Fsp3) is 0.571. The summed E-state index contributed by atoms with van der Waals surface area (Å²) in [6.07, 6.45) is 4.44. The van der Waals surface area contributed by atoms with Crippen LogP contribution in [-0.4, -0.2) is 14.5 Å². The molecule has 0 bridgehead atoms. The summed E-state index contributed by atoms with van der Waals surface area (Å²) in [5.74, 6) is 0.529. The molecule has 2 rings (SSSR count). The van der Waals surface area contributed by atoms with Crippen molar-refractivity contribution in [2.24, 2.45) is 5.92 Å². The molecule has 1 fully saturated rings. The van der Waals surface area contributed by atoms with Crippen LogP contribution in [0.5, 0.6) is 0 Å². The van der Waals surface area contributed by atoms with Crippen LogP contribution < -0.4 is 4.72 Å². The van der Waals surface area contributed by atoms with Crippen LogP contribution in [0.25, 0.3) is 0 Å². The number of nitrogens with one attached hydrogen (secondary N) is 1. The van der Waals surface area contributed by atoms with Crippen molar-refractivity contribution < 1.29 is 8.42 Å². The average Bonchev–Trinajstić information content (AvgIpc) is 2.32. The number of rotatable bonds is 4. The monoisotopic (exact) mass is 267 g/mol. The number of sulfonamides is 1. The van der Waals surface area contributed by atoms with Crippen LogP contribution in [0.4, 0.5) is 0 Å². The second-order valence-electron chi connectivity index (χ2n) is 5.23. The van der Waals surface area contributed by atoms with E-state index in [1.807, 2.05) is 30.3 Å². The van der Waals surface area contributed by atoms with Gasteiger partial charge < -0.3 is 0 Å². The van der Waals surface area contributed by atoms with E-state index in [1.165, 1.54) is 6.42 Å². The molecule has 2 unspecified atom stereocenters. The van der Waals surface area contributed by atoms with E-state index in [0.717, 1.165) is 24.8 Å². The van der Waals surface area contributed by atoms with Crippen LogP contribution in [0.1, 0.15) is 38.2 Å². The maximum Gasteiger partial charge on any atom is 0.216 e. The molecule has 1 aromatic rings. The Morgan fingerprint density at radius 1 is 1.17 bits per heavy atom. The predicted octanol–water partition coefficient (Wildman–Crippen LogP) is 2.68. The van der Waals surface area contributed by atoms with Crippen LogP contribution >= 0.6 is 0 Å². The molecule has 1 N–H and O–H groups in total. The molecule has 0 heterocycles. The van der Waals surface area contributed by atoms with Gasteiger partial charge in [-0.05, 0) is 24.3 Å². The number of hydrogen-bond donors (Lipinski definition) is 1. The lowest BCUT2D eigenvalue weighted by atomic mass is 9.87. The first-order chi connectivity index (χ1) is 8.57. The second kappa shape index (κ2) is 5.85. The van der Waals surface area contributed by atoms with Crippen molar-refractivity contribution in [1.29, 1.82) is 0 Å². The van der Waals surface area contributed by atoms with Gasteiger partial charge in [0.05, 0.1) is 5.75 Å². The zero-order chi connectivity index (χ0) is 13.0. The van der Waals surface area contributed by atoms with Gasteiger partial charge in [0.25, 0.3) is 0 Å². The molecule has 4 heteroatoms. The second-order valence-corrected chi connectivity index (χ2v) is 6.98. The van der Waals surface area contributed by atoms with Gasteiger partial charge >= 0.3 is 0 Å². The molecule has 0 amide bonds. The Bertz CT molecular complexity index is 470. The predicted molar refractivity (Wildman–Crippen MR) is 73.6 cm³/mol. The highest BCUT2D eigenvalue weighted by Crippen LogP contribution is 2.24. The van der Waals surface area contributed by atoms with Crippen LogP contribution in [0.15, 0.2) is 30.3 Å². The maximum absolute atomic E-state index is 12.1.